The van der Waals surface area contributed by atoms with Gasteiger partial charge in [-0.2, -0.15) is 0 Å². The van der Waals surface area contributed by atoms with E-state index in [1.807, 2.05) is 30.3 Å². The number of benzene rings is 1. The minimum atomic E-state index is -0.167. The summed E-state index contributed by atoms with van der Waals surface area (Å²) in [6.45, 7) is 0.573. The first kappa shape index (κ1) is 19.8. The number of carbonyl (C=O) groups excluding carboxylic acids is 2. The van der Waals surface area contributed by atoms with Crippen LogP contribution in [0, 0.1) is 5.92 Å². The van der Waals surface area contributed by atoms with Gasteiger partial charge in [-0.15, -0.1) is 0 Å². The number of carbonyl (C=O) groups is 2. The van der Waals surface area contributed by atoms with Crippen molar-refractivity contribution in [1.82, 2.24) is 20.6 Å². The van der Waals surface area contributed by atoms with E-state index in [4.69, 9.17) is 5.73 Å². The van der Waals surface area contributed by atoms with Gasteiger partial charge in [-0.3, -0.25) is 9.59 Å². The van der Waals surface area contributed by atoms with E-state index in [2.05, 4.69) is 20.6 Å². The van der Waals surface area contributed by atoms with Crippen molar-refractivity contribution in [2.75, 3.05) is 12.3 Å². The molecule has 1 aromatic carbocycles. The molecule has 4 N–H and O–H groups in total. The molecule has 0 bridgehead atoms. The zero-order valence-corrected chi connectivity index (χ0v) is 16.7. The zero-order chi connectivity index (χ0) is 20.9. The van der Waals surface area contributed by atoms with Crippen LogP contribution >= 0.6 is 0 Å². The first-order valence-corrected chi connectivity index (χ1v) is 10.2. The van der Waals surface area contributed by atoms with Crippen LogP contribution in [-0.2, 0) is 0 Å². The van der Waals surface area contributed by atoms with Crippen molar-refractivity contribution in [3.63, 3.8) is 0 Å². The monoisotopic (exact) mass is 403 g/mol. The molecule has 2 atom stereocenters. The number of nitrogens with zero attached hydrogens (tertiary/aromatic N) is 2. The molecule has 0 radical (unpaired) electrons. The van der Waals surface area contributed by atoms with Crippen LogP contribution in [0.25, 0.3) is 10.9 Å². The lowest BCUT2D eigenvalue weighted by molar-refractivity contribution is 0.0900. The van der Waals surface area contributed by atoms with Crippen molar-refractivity contribution >= 4 is 28.5 Å². The van der Waals surface area contributed by atoms with Crippen LogP contribution in [-0.4, -0.2) is 34.4 Å². The number of nitrogens with one attached hydrogen (secondary N) is 2. The van der Waals surface area contributed by atoms with E-state index >= 15 is 0 Å². The van der Waals surface area contributed by atoms with Gasteiger partial charge in [-0.05, 0) is 49.4 Å². The van der Waals surface area contributed by atoms with E-state index in [0.29, 0.717) is 29.5 Å². The summed E-state index contributed by atoms with van der Waals surface area (Å²) in [5, 5.41) is 7.10. The summed E-state index contributed by atoms with van der Waals surface area (Å²) < 4.78 is 0. The number of amides is 2. The van der Waals surface area contributed by atoms with Gasteiger partial charge in [0.15, 0.2) is 0 Å². The zero-order valence-electron chi connectivity index (χ0n) is 16.7. The highest BCUT2D eigenvalue weighted by molar-refractivity contribution is 5.95. The number of pyridine rings is 2. The van der Waals surface area contributed by atoms with Crippen molar-refractivity contribution < 1.29 is 9.59 Å². The van der Waals surface area contributed by atoms with Gasteiger partial charge in [0.25, 0.3) is 11.8 Å². The number of nitrogen functional groups attached to an aromatic ring is 1. The Kier molecular flexibility index (Phi) is 5.88. The van der Waals surface area contributed by atoms with Crippen LogP contribution in [0.2, 0.25) is 0 Å². The fourth-order valence-electron chi connectivity index (χ4n) is 3.94. The van der Waals surface area contributed by atoms with E-state index in [0.717, 1.165) is 36.6 Å². The lowest BCUT2D eigenvalue weighted by atomic mass is 9.85. The van der Waals surface area contributed by atoms with Crippen LogP contribution in [0.1, 0.15) is 46.5 Å². The lowest BCUT2D eigenvalue weighted by Gasteiger charge is -2.30. The number of aromatic nitrogens is 2. The molecular weight excluding hydrogens is 378 g/mol. The second-order valence-electron chi connectivity index (χ2n) is 7.77. The minimum absolute atomic E-state index is 0.0875. The van der Waals surface area contributed by atoms with Gasteiger partial charge < -0.3 is 16.4 Å². The Bertz CT molecular complexity index is 1050. The normalized spacial score (nSPS) is 18.7. The predicted molar refractivity (Wildman–Crippen MR) is 116 cm³/mol. The van der Waals surface area contributed by atoms with Crippen molar-refractivity contribution in [3.8, 4) is 0 Å². The Hall–Kier alpha value is -3.48. The number of anilines is 1. The van der Waals surface area contributed by atoms with Crippen LogP contribution in [0.15, 0.2) is 54.7 Å². The summed E-state index contributed by atoms with van der Waals surface area (Å²) in [5.74, 6) is 0.399. The van der Waals surface area contributed by atoms with Crippen molar-refractivity contribution in [2.45, 2.75) is 31.7 Å². The Labute approximate surface area is 175 Å². The molecule has 4 rings (SSSR count). The Morgan fingerprint density at radius 3 is 2.73 bits per heavy atom. The summed E-state index contributed by atoms with van der Waals surface area (Å²) >= 11 is 0. The van der Waals surface area contributed by atoms with Crippen molar-refractivity contribution in [2.24, 2.45) is 5.92 Å². The maximum absolute atomic E-state index is 12.5. The van der Waals surface area contributed by atoms with E-state index in [1.165, 1.54) is 6.20 Å². The molecule has 7 nitrogen and oxygen atoms in total. The van der Waals surface area contributed by atoms with Crippen LogP contribution in [0.5, 0.6) is 0 Å². The molecule has 30 heavy (non-hydrogen) atoms. The molecule has 0 aliphatic heterocycles. The summed E-state index contributed by atoms with van der Waals surface area (Å²) in [5.41, 5.74) is 7.31. The molecule has 2 heterocycles. The molecule has 3 aromatic rings. The molecule has 1 aliphatic rings. The first-order valence-electron chi connectivity index (χ1n) is 10.2. The summed E-state index contributed by atoms with van der Waals surface area (Å²) in [6.07, 6.45) is 5.30. The van der Waals surface area contributed by atoms with Crippen molar-refractivity contribution in [3.05, 3.63) is 66.0 Å². The van der Waals surface area contributed by atoms with Crippen LogP contribution in [0.4, 0.5) is 5.82 Å². The summed E-state index contributed by atoms with van der Waals surface area (Å²) in [7, 11) is 0. The highest BCUT2D eigenvalue weighted by Gasteiger charge is 2.24. The standard InChI is InChI=1S/C23H25N5O2/c24-21-11-9-17(14-25-21)22(29)27-18-6-3-4-15(12-18)13-26-23(30)20-10-8-16-5-1-2-7-19(16)28-20/h1-2,5,7-11,14-15,18H,3-4,6,12-13H2,(H2,24,25)(H,26,30)(H,27,29)/t15-,18+/m1/s1. The highest BCUT2D eigenvalue weighted by atomic mass is 16.2. The predicted octanol–water partition coefficient (Wildman–Crippen LogP) is 2.93. The molecule has 1 saturated carbocycles. The third kappa shape index (κ3) is 4.74. The van der Waals surface area contributed by atoms with Crippen molar-refractivity contribution in [1.29, 1.82) is 0 Å². The van der Waals surface area contributed by atoms with Gasteiger partial charge in [-0.25, -0.2) is 9.97 Å². The number of hydrogen-bond donors (Lipinski definition) is 3. The molecule has 1 aliphatic carbocycles. The van der Waals surface area contributed by atoms with Gasteiger partial charge in [0.05, 0.1) is 11.1 Å². The van der Waals surface area contributed by atoms with Gasteiger partial charge >= 0.3 is 0 Å². The van der Waals surface area contributed by atoms with Crippen LogP contribution < -0.4 is 16.4 Å². The topological polar surface area (TPSA) is 110 Å². The third-order valence-electron chi connectivity index (χ3n) is 5.55. The Balaban J connectivity index is 1.30. The molecule has 0 unspecified atom stereocenters. The quantitative estimate of drug-likeness (QED) is 0.607. The fourth-order valence-corrected chi connectivity index (χ4v) is 3.94. The average Bonchev–Trinajstić information content (AvgIpc) is 2.78. The molecular formula is C23H25N5O2. The molecule has 7 heteroatoms. The fraction of sp³-hybridized carbons (Fsp3) is 0.304. The maximum atomic E-state index is 12.5. The third-order valence-corrected chi connectivity index (χ3v) is 5.55. The molecule has 0 saturated heterocycles. The van der Waals surface area contributed by atoms with E-state index in [1.54, 1.807) is 18.2 Å². The SMILES string of the molecule is Nc1ccc(C(=O)N[C@H]2CCC[C@@H](CNC(=O)c3ccc4ccccc4n3)C2)cn1. The summed E-state index contributed by atoms with van der Waals surface area (Å²) in [4.78, 5) is 33.4. The summed E-state index contributed by atoms with van der Waals surface area (Å²) in [6, 6.07) is 14.8. The molecule has 1 fully saturated rings. The number of para-hydroxylation sites is 1. The molecule has 2 aromatic heterocycles. The largest absolute Gasteiger partial charge is 0.384 e. The highest BCUT2D eigenvalue weighted by Crippen LogP contribution is 2.24. The number of fused-ring (bicyclic) bond motifs is 1. The van der Waals surface area contributed by atoms with E-state index in [9.17, 15) is 9.59 Å². The number of hydrogen-bond acceptors (Lipinski definition) is 5. The Morgan fingerprint density at radius 1 is 1.03 bits per heavy atom. The van der Waals surface area contributed by atoms with Gasteiger partial charge in [0.1, 0.15) is 11.5 Å². The smallest absolute Gasteiger partial charge is 0.269 e. The van der Waals surface area contributed by atoms with E-state index in [-0.39, 0.29) is 17.9 Å². The number of nitrogens with two attached hydrogens (primary N) is 1. The second-order valence-corrected chi connectivity index (χ2v) is 7.77. The average molecular weight is 403 g/mol. The van der Waals surface area contributed by atoms with E-state index < -0.39 is 0 Å². The Morgan fingerprint density at radius 2 is 1.90 bits per heavy atom. The van der Waals surface area contributed by atoms with Gasteiger partial charge in [0, 0.05) is 24.2 Å². The molecule has 2 amide bonds. The minimum Gasteiger partial charge on any atom is -0.384 e. The van der Waals surface area contributed by atoms with Gasteiger partial charge in [0.2, 0.25) is 0 Å². The maximum Gasteiger partial charge on any atom is 0.269 e. The second kappa shape index (κ2) is 8.90. The van der Waals surface area contributed by atoms with Gasteiger partial charge in [-0.1, -0.05) is 30.7 Å². The van der Waals surface area contributed by atoms with Crippen LogP contribution in [0.3, 0.4) is 0 Å². The lowest BCUT2D eigenvalue weighted by Crippen LogP contribution is -2.41. The molecule has 0 spiro atoms. The first-order chi connectivity index (χ1) is 14.6. The molecule has 154 valence electrons. The number of rotatable bonds is 5.